The van der Waals surface area contributed by atoms with Crippen LogP contribution in [0.2, 0.25) is 0 Å². The molecule has 3 unspecified atom stereocenters. The molecule has 19 heteroatoms. The summed E-state index contributed by atoms with van der Waals surface area (Å²) < 4.78 is 67.9. The first-order valence-electron chi connectivity index (χ1n) is 33.2. The Morgan fingerprint density at radius 2 is 0.585 bits per heavy atom. The first kappa shape index (κ1) is 80.1. The van der Waals surface area contributed by atoms with Gasteiger partial charge in [-0.3, -0.25) is 37.3 Å². The van der Waals surface area contributed by atoms with Crippen molar-refractivity contribution in [2.45, 2.75) is 335 Å². The molecule has 0 aromatic rings. The highest BCUT2D eigenvalue weighted by Gasteiger charge is 2.30. The summed E-state index contributed by atoms with van der Waals surface area (Å²) >= 11 is 0. The fourth-order valence-electron chi connectivity index (χ4n) is 9.37. The second kappa shape index (κ2) is 56.8. The van der Waals surface area contributed by atoms with E-state index in [4.69, 9.17) is 37.0 Å². The highest BCUT2D eigenvalue weighted by atomic mass is 31.2. The van der Waals surface area contributed by atoms with Gasteiger partial charge in [0.25, 0.3) is 0 Å². The van der Waals surface area contributed by atoms with E-state index in [9.17, 15) is 43.2 Å². The molecular weight excluding hydrogens is 1090 g/mol. The van der Waals surface area contributed by atoms with E-state index in [0.29, 0.717) is 25.7 Å². The number of carbonyl (C=O) groups excluding carboxylic acids is 4. The first-order valence-corrected chi connectivity index (χ1v) is 36.2. The lowest BCUT2D eigenvalue weighted by atomic mass is 9.99. The summed E-state index contributed by atoms with van der Waals surface area (Å²) in [6.45, 7) is 7.17. The van der Waals surface area contributed by atoms with Gasteiger partial charge in [0.15, 0.2) is 12.2 Å². The number of carbonyl (C=O) groups is 4. The van der Waals surface area contributed by atoms with Gasteiger partial charge in [-0.25, -0.2) is 9.13 Å². The molecule has 0 rings (SSSR count). The van der Waals surface area contributed by atoms with E-state index in [1.54, 1.807) is 0 Å². The van der Waals surface area contributed by atoms with Crippen LogP contribution in [0.3, 0.4) is 0 Å². The van der Waals surface area contributed by atoms with Crippen molar-refractivity contribution in [2.75, 3.05) is 39.6 Å². The lowest BCUT2D eigenvalue weighted by Crippen LogP contribution is -2.30. The Labute approximate surface area is 498 Å². The smallest absolute Gasteiger partial charge is 0.462 e. The van der Waals surface area contributed by atoms with Crippen LogP contribution in [0.25, 0.3) is 0 Å². The maximum Gasteiger partial charge on any atom is 0.472 e. The van der Waals surface area contributed by atoms with Crippen LogP contribution in [-0.4, -0.2) is 96.7 Å². The third kappa shape index (κ3) is 55.9. The number of ether oxygens (including phenoxy) is 4. The van der Waals surface area contributed by atoms with Crippen LogP contribution in [0.15, 0.2) is 0 Å². The molecule has 0 aliphatic carbocycles. The zero-order valence-electron chi connectivity index (χ0n) is 52.6. The molecule has 486 valence electrons. The Balaban J connectivity index is 5.22. The number of rotatable bonds is 63. The van der Waals surface area contributed by atoms with Gasteiger partial charge >= 0.3 is 39.5 Å². The summed E-state index contributed by atoms with van der Waals surface area (Å²) in [5, 5.41) is 10.5. The minimum atomic E-state index is -4.94. The standard InChI is InChI=1S/C63H122O17P2/c1-6-10-13-16-19-22-23-28-32-37-42-47-61(66)74-53-59(80-63(68)49-44-39-34-29-25-24-27-30-35-40-45-56(5)9-4)55-78-82(71,72)76-51-57(64)50-75-81(69,70)77-54-58(52-73-60(65)46-41-36-31-21-18-15-12-8-3)79-62(67)48-43-38-33-26-20-17-14-11-7-2/h56-59,64H,6-55H2,1-5H3,(H,69,70)(H,71,72)/t56?,57-,58+,59+/m0/s1. The largest absolute Gasteiger partial charge is 0.472 e. The predicted octanol–water partition coefficient (Wildman–Crippen LogP) is 17.4. The Kier molecular flexibility index (Phi) is 55.5. The van der Waals surface area contributed by atoms with Crippen LogP contribution in [0.1, 0.15) is 317 Å². The number of hydrogen-bond acceptors (Lipinski definition) is 15. The number of esters is 4. The molecule has 3 N–H and O–H groups in total. The van der Waals surface area contributed by atoms with Gasteiger partial charge in [-0.1, -0.05) is 266 Å². The first-order chi connectivity index (χ1) is 39.6. The number of aliphatic hydroxyl groups excluding tert-OH is 1. The molecule has 6 atom stereocenters. The highest BCUT2D eigenvalue weighted by molar-refractivity contribution is 7.47. The van der Waals surface area contributed by atoms with Gasteiger partial charge < -0.3 is 33.8 Å². The second-order valence-corrected chi connectivity index (χ2v) is 25.9. The summed E-state index contributed by atoms with van der Waals surface area (Å²) in [5.41, 5.74) is 0. The molecule has 0 radical (unpaired) electrons. The molecular formula is C63H122O17P2. The molecule has 0 aliphatic rings. The molecule has 0 amide bonds. The van der Waals surface area contributed by atoms with E-state index in [2.05, 4.69) is 34.6 Å². The van der Waals surface area contributed by atoms with Crippen molar-refractivity contribution in [3.8, 4) is 0 Å². The van der Waals surface area contributed by atoms with Gasteiger partial charge in [-0.15, -0.1) is 0 Å². The van der Waals surface area contributed by atoms with Crippen molar-refractivity contribution < 1.29 is 80.2 Å². The maximum atomic E-state index is 13.0. The fraction of sp³-hybridized carbons (Fsp3) is 0.937. The Morgan fingerprint density at radius 1 is 0.341 bits per heavy atom. The van der Waals surface area contributed by atoms with Gasteiger partial charge in [-0.2, -0.15) is 0 Å². The molecule has 0 aromatic heterocycles. The maximum absolute atomic E-state index is 13.0. The van der Waals surface area contributed by atoms with Gasteiger partial charge in [0.1, 0.15) is 19.3 Å². The van der Waals surface area contributed by atoms with E-state index in [1.807, 2.05) is 0 Å². The van der Waals surface area contributed by atoms with E-state index in [0.717, 1.165) is 102 Å². The molecule has 0 aromatic carbocycles. The number of aliphatic hydroxyl groups is 1. The average Bonchev–Trinajstić information content (AvgIpc) is 3.45. The van der Waals surface area contributed by atoms with Crippen molar-refractivity contribution in [3.05, 3.63) is 0 Å². The molecule has 82 heavy (non-hydrogen) atoms. The van der Waals surface area contributed by atoms with Crippen LogP contribution < -0.4 is 0 Å². The summed E-state index contributed by atoms with van der Waals surface area (Å²) in [6, 6.07) is 0. The molecule has 0 spiro atoms. The zero-order valence-corrected chi connectivity index (χ0v) is 54.4. The van der Waals surface area contributed by atoms with Crippen molar-refractivity contribution in [3.63, 3.8) is 0 Å². The minimum absolute atomic E-state index is 0.106. The topological polar surface area (TPSA) is 237 Å². The molecule has 0 fully saturated rings. The summed E-state index contributed by atoms with van der Waals surface area (Å²) in [7, 11) is -9.88. The number of unbranched alkanes of at least 4 members (excludes halogenated alkanes) is 34. The van der Waals surface area contributed by atoms with Gasteiger partial charge in [0, 0.05) is 25.7 Å². The normalized spacial score (nSPS) is 14.6. The second-order valence-electron chi connectivity index (χ2n) is 23.0. The number of hydrogen-bond donors (Lipinski definition) is 3. The molecule has 17 nitrogen and oxygen atoms in total. The lowest BCUT2D eigenvalue weighted by molar-refractivity contribution is -0.161. The Morgan fingerprint density at radius 3 is 0.866 bits per heavy atom. The van der Waals surface area contributed by atoms with Crippen molar-refractivity contribution >= 4 is 39.5 Å². The third-order valence-electron chi connectivity index (χ3n) is 14.9. The summed E-state index contributed by atoms with van der Waals surface area (Å²) in [4.78, 5) is 72.1. The van der Waals surface area contributed by atoms with Crippen LogP contribution in [0, 0.1) is 5.92 Å². The monoisotopic (exact) mass is 1210 g/mol. The fourth-order valence-corrected chi connectivity index (χ4v) is 11.0. The Bertz CT molecular complexity index is 1600. The van der Waals surface area contributed by atoms with Gasteiger partial charge in [-0.05, 0) is 31.6 Å². The average molecular weight is 1210 g/mol. The Hall–Kier alpha value is -1.94. The van der Waals surface area contributed by atoms with Crippen LogP contribution in [0.4, 0.5) is 0 Å². The molecule has 0 saturated carbocycles. The summed E-state index contributed by atoms with van der Waals surface area (Å²) in [6.07, 6.45) is 40.2. The van der Waals surface area contributed by atoms with Gasteiger partial charge in [0.05, 0.1) is 26.4 Å². The van der Waals surface area contributed by atoms with Crippen LogP contribution >= 0.6 is 15.6 Å². The lowest BCUT2D eigenvalue weighted by Gasteiger charge is -2.21. The predicted molar refractivity (Wildman–Crippen MR) is 326 cm³/mol. The zero-order chi connectivity index (χ0) is 60.6. The highest BCUT2D eigenvalue weighted by Crippen LogP contribution is 2.45. The number of phosphoric acid groups is 2. The summed E-state index contributed by atoms with van der Waals surface area (Å²) in [5.74, 6) is -1.33. The van der Waals surface area contributed by atoms with Crippen LogP contribution in [0.5, 0.6) is 0 Å². The van der Waals surface area contributed by atoms with E-state index in [1.165, 1.54) is 135 Å². The van der Waals surface area contributed by atoms with E-state index < -0.39 is 97.5 Å². The third-order valence-corrected chi connectivity index (χ3v) is 16.8. The minimum Gasteiger partial charge on any atom is -0.462 e. The molecule has 0 aliphatic heterocycles. The SMILES string of the molecule is CCCCCCCCCCCCCC(=O)OC[C@H](COP(=O)(O)OC[C@@H](O)COP(=O)(O)OC[C@@H](COC(=O)CCCCCCCCCC)OC(=O)CCCCCCCCCCC)OC(=O)CCCCCCCCCCCCC(C)CC. The van der Waals surface area contributed by atoms with Crippen molar-refractivity contribution in [1.29, 1.82) is 0 Å². The van der Waals surface area contributed by atoms with Crippen molar-refractivity contribution in [2.24, 2.45) is 5.92 Å². The van der Waals surface area contributed by atoms with Crippen molar-refractivity contribution in [1.82, 2.24) is 0 Å². The van der Waals surface area contributed by atoms with E-state index in [-0.39, 0.29) is 25.7 Å². The number of phosphoric ester groups is 2. The van der Waals surface area contributed by atoms with Gasteiger partial charge in [0.2, 0.25) is 0 Å². The quantitative estimate of drug-likeness (QED) is 0.0222. The molecule has 0 heterocycles. The molecule has 0 saturated heterocycles. The molecule has 0 bridgehead atoms. The van der Waals surface area contributed by atoms with E-state index >= 15 is 0 Å². The van der Waals surface area contributed by atoms with Crippen LogP contribution in [-0.2, 0) is 65.4 Å².